The van der Waals surface area contributed by atoms with Crippen LogP contribution in [-0.2, 0) is 6.54 Å². The van der Waals surface area contributed by atoms with Crippen molar-refractivity contribution in [2.75, 3.05) is 30.9 Å². The summed E-state index contributed by atoms with van der Waals surface area (Å²) in [6.45, 7) is 3.74. The van der Waals surface area contributed by atoms with Crippen LogP contribution < -0.4 is 15.0 Å². The lowest BCUT2D eigenvalue weighted by molar-refractivity contribution is 0.415. The third-order valence-corrected chi connectivity index (χ3v) is 3.14. The highest BCUT2D eigenvalue weighted by Crippen LogP contribution is 2.22. The predicted molar refractivity (Wildman–Crippen MR) is 83.5 cm³/mol. The second kappa shape index (κ2) is 6.80. The van der Waals surface area contributed by atoms with E-state index in [0.717, 1.165) is 30.3 Å². The van der Waals surface area contributed by atoms with Gasteiger partial charge in [-0.25, -0.2) is 4.98 Å². The van der Waals surface area contributed by atoms with Gasteiger partial charge in [-0.1, -0.05) is 12.1 Å². The van der Waals surface area contributed by atoms with Gasteiger partial charge in [-0.2, -0.15) is 0 Å². The highest BCUT2D eigenvalue weighted by Gasteiger charge is 2.07. The topological polar surface area (TPSA) is 37.4 Å². The Bertz CT molecular complexity index is 557. The van der Waals surface area contributed by atoms with E-state index in [9.17, 15) is 0 Å². The summed E-state index contributed by atoms with van der Waals surface area (Å²) >= 11 is 0. The number of hydrogen-bond donors (Lipinski definition) is 1. The minimum atomic E-state index is 0.795. The number of anilines is 2. The van der Waals surface area contributed by atoms with Crippen molar-refractivity contribution in [1.29, 1.82) is 0 Å². The molecular formula is C16H21N3O. The Hall–Kier alpha value is -2.23. The average molecular weight is 271 g/mol. The summed E-state index contributed by atoms with van der Waals surface area (Å²) in [6, 6.07) is 12.1. The molecule has 4 heteroatoms. The number of rotatable bonds is 6. The van der Waals surface area contributed by atoms with Gasteiger partial charge in [0.15, 0.2) is 0 Å². The molecule has 1 N–H and O–H groups in total. The van der Waals surface area contributed by atoms with E-state index >= 15 is 0 Å². The third kappa shape index (κ3) is 3.41. The Labute approximate surface area is 120 Å². The second-order valence-electron chi connectivity index (χ2n) is 4.60. The molecule has 0 unspecified atom stereocenters. The summed E-state index contributed by atoms with van der Waals surface area (Å²) in [5.41, 5.74) is 2.30. The summed E-state index contributed by atoms with van der Waals surface area (Å²) in [5.74, 6) is 1.82. The zero-order chi connectivity index (χ0) is 14.4. The molecule has 20 heavy (non-hydrogen) atoms. The van der Waals surface area contributed by atoms with Crippen molar-refractivity contribution < 1.29 is 4.74 Å². The molecule has 0 spiro atoms. The van der Waals surface area contributed by atoms with Gasteiger partial charge in [0.1, 0.15) is 11.6 Å². The van der Waals surface area contributed by atoms with Crippen LogP contribution in [0.4, 0.5) is 11.5 Å². The first kappa shape index (κ1) is 14.2. The molecule has 1 heterocycles. The van der Waals surface area contributed by atoms with Crippen LogP contribution in [-0.4, -0.2) is 25.7 Å². The molecule has 0 aliphatic rings. The van der Waals surface area contributed by atoms with E-state index in [-0.39, 0.29) is 0 Å². The minimum Gasteiger partial charge on any atom is -0.497 e. The Morgan fingerprint density at radius 3 is 2.85 bits per heavy atom. The maximum Gasteiger partial charge on any atom is 0.130 e. The van der Waals surface area contributed by atoms with Gasteiger partial charge in [0.2, 0.25) is 0 Å². The minimum absolute atomic E-state index is 0.795. The van der Waals surface area contributed by atoms with Gasteiger partial charge in [-0.05, 0) is 25.1 Å². The number of ether oxygens (including phenoxy) is 1. The van der Waals surface area contributed by atoms with Crippen LogP contribution in [0.3, 0.4) is 0 Å². The molecule has 0 aliphatic heterocycles. The monoisotopic (exact) mass is 271 g/mol. The SMILES string of the molecule is CCNc1ncccc1CN(C)c1cccc(OC)c1. The molecule has 0 radical (unpaired) electrons. The molecule has 1 aromatic heterocycles. The molecule has 106 valence electrons. The van der Waals surface area contributed by atoms with Crippen LogP contribution in [0.5, 0.6) is 5.75 Å². The Morgan fingerprint density at radius 1 is 1.25 bits per heavy atom. The van der Waals surface area contributed by atoms with Gasteiger partial charge in [-0.3, -0.25) is 0 Å². The van der Waals surface area contributed by atoms with Gasteiger partial charge in [0, 0.05) is 43.7 Å². The van der Waals surface area contributed by atoms with Gasteiger partial charge in [0.05, 0.1) is 7.11 Å². The standard InChI is InChI=1S/C16H21N3O/c1-4-17-16-13(7-6-10-18-16)12-19(2)14-8-5-9-15(11-14)20-3/h5-11H,4,12H2,1-3H3,(H,17,18). The van der Waals surface area contributed by atoms with Crippen LogP contribution in [0.25, 0.3) is 0 Å². The van der Waals surface area contributed by atoms with Crippen molar-refractivity contribution in [1.82, 2.24) is 4.98 Å². The number of methoxy groups -OCH3 is 1. The molecule has 0 aliphatic carbocycles. The molecule has 0 saturated heterocycles. The van der Waals surface area contributed by atoms with Gasteiger partial charge >= 0.3 is 0 Å². The van der Waals surface area contributed by atoms with Crippen molar-refractivity contribution in [2.24, 2.45) is 0 Å². The molecule has 0 bridgehead atoms. The van der Waals surface area contributed by atoms with Gasteiger partial charge in [-0.15, -0.1) is 0 Å². The largest absolute Gasteiger partial charge is 0.497 e. The normalized spacial score (nSPS) is 10.2. The molecule has 0 fully saturated rings. The van der Waals surface area contributed by atoms with E-state index in [4.69, 9.17) is 4.74 Å². The van der Waals surface area contributed by atoms with Crippen molar-refractivity contribution in [3.05, 3.63) is 48.2 Å². The lowest BCUT2D eigenvalue weighted by Crippen LogP contribution is -2.18. The maximum absolute atomic E-state index is 5.27. The van der Waals surface area contributed by atoms with E-state index in [0.29, 0.717) is 0 Å². The average Bonchev–Trinajstić information content (AvgIpc) is 2.49. The first-order valence-corrected chi connectivity index (χ1v) is 6.77. The van der Waals surface area contributed by atoms with E-state index in [1.807, 2.05) is 30.5 Å². The maximum atomic E-state index is 5.27. The molecule has 1 aromatic carbocycles. The zero-order valence-corrected chi connectivity index (χ0v) is 12.3. The van der Waals surface area contributed by atoms with E-state index in [2.05, 4.69) is 41.3 Å². The third-order valence-electron chi connectivity index (χ3n) is 3.14. The Kier molecular flexibility index (Phi) is 4.82. The first-order valence-electron chi connectivity index (χ1n) is 6.77. The van der Waals surface area contributed by atoms with E-state index < -0.39 is 0 Å². The number of nitrogens with zero attached hydrogens (tertiary/aromatic N) is 2. The Morgan fingerprint density at radius 2 is 2.10 bits per heavy atom. The fourth-order valence-electron chi connectivity index (χ4n) is 2.09. The quantitative estimate of drug-likeness (QED) is 0.875. The molecule has 4 nitrogen and oxygen atoms in total. The van der Waals surface area contributed by atoms with Crippen LogP contribution in [0.1, 0.15) is 12.5 Å². The first-order chi connectivity index (χ1) is 9.74. The smallest absolute Gasteiger partial charge is 0.130 e. The molecule has 2 aromatic rings. The summed E-state index contributed by atoms with van der Waals surface area (Å²) < 4.78 is 5.27. The fourth-order valence-corrected chi connectivity index (χ4v) is 2.09. The number of aromatic nitrogens is 1. The number of hydrogen-bond acceptors (Lipinski definition) is 4. The van der Waals surface area contributed by atoms with Crippen LogP contribution in [0, 0.1) is 0 Å². The van der Waals surface area contributed by atoms with E-state index in [1.165, 1.54) is 5.56 Å². The molecule has 0 amide bonds. The second-order valence-corrected chi connectivity index (χ2v) is 4.60. The highest BCUT2D eigenvalue weighted by molar-refractivity contribution is 5.52. The van der Waals surface area contributed by atoms with Crippen molar-refractivity contribution in [3.8, 4) is 5.75 Å². The van der Waals surface area contributed by atoms with Crippen molar-refractivity contribution in [3.63, 3.8) is 0 Å². The lowest BCUT2D eigenvalue weighted by Gasteiger charge is -2.21. The summed E-state index contributed by atoms with van der Waals surface area (Å²) in [6.07, 6.45) is 1.81. The number of nitrogens with one attached hydrogen (secondary N) is 1. The highest BCUT2D eigenvalue weighted by atomic mass is 16.5. The summed E-state index contributed by atoms with van der Waals surface area (Å²) in [5, 5.41) is 3.29. The summed E-state index contributed by atoms with van der Waals surface area (Å²) in [7, 11) is 3.75. The molecule has 2 rings (SSSR count). The van der Waals surface area contributed by atoms with Gasteiger partial charge in [0.25, 0.3) is 0 Å². The number of pyridine rings is 1. The molecule has 0 atom stereocenters. The summed E-state index contributed by atoms with van der Waals surface area (Å²) in [4.78, 5) is 6.57. The fraction of sp³-hybridized carbons (Fsp3) is 0.312. The molecule has 0 saturated carbocycles. The van der Waals surface area contributed by atoms with Crippen molar-refractivity contribution in [2.45, 2.75) is 13.5 Å². The number of benzene rings is 1. The van der Waals surface area contributed by atoms with Crippen molar-refractivity contribution >= 4 is 11.5 Å². The van der Waals surface area contributed by atoms with E-state index in [1.54, 1.807) is 7.11 Å². The van der Waals surface area contributed by atoms with Crippen LogP contribution >= 0.6 is 0 Å². The van der Waals surface area contributed by atoms with Crippen LogP contribution in [0.15, 0.2) is 42.6 Å². The molecular weight excluding hydrogens is 250 g/mol. The van der Waals surface area contributed by atoms with Crippen LogP contribution in [0.2, 0.25) is 0 Å². The Balaban J connectivity index is 2.16. The predicted octanol–water partition coefficient (Wildman–Crippen LogP) is 3.16. The van der Waals surface area contributed by atoms with Gasteiger partial charge < -0.3 is 15.0 Å². The zero-order valence-electron chi connectivity index (χ0n) is 12.3. The lowest BCUT2D eigenvalue weighted by atomic mass is 10.2.